The van der Waals surface area contributed by atoms with Gasteiger partial charge in [-0.15, -0.1) is 0 Å². The van der Waals surface area contributed by atoms with E-state index in [4.69, 9.17) is 21.4 Å². The summed E-state index contributed by atoms with van der Waals surface area (Å²) in [6.45, 7) is 1.28. The molecule has 0 bridgehead atoms. The van der Waals surface area contributed by atoms with Crippen molar-refractivity contribution in [1.82, 2.24) is 4.90 Å². The van der Waals surface area contributed by atoms with Crippen LogP contribution in [0.2, 0.25) is 5.02 Å². The molecular formula is C17H20ClNO4. The third-order valence-electron chi connectivity index (χ3n) is 4.62. The smallest absolute Gasteiger partial charge is 0.306 e. The van der Waals surface area contributed by atoms with Gasteiger partial charge in [-0.25, -0.2) is 0 Å². The van der Waals surface area contributed by atoms with Crippen molar-refractivity contribution >= 4 is 23.5 Å². The highest BCUT2D eigenvalue weighted by Crippen LogP contribution is 2.50. The standard InChI is InChI=1S/C17H20ClNO4/c18-14-4-2-1-3-12(14)10-17(5-6-17)16(22)19-7-8-23-13(11-19)9-15(20)21/h1-4,13H,5-11H2,(H,20,21). The summed E-state index contributed by atoms with van der Waals surface area (Å²) >= 11 is 6.22. The van der Waals surface area contributed by atoms with Crippen LogP contribution in [0.15, 0.2) is 24.3 Å². The molecule has 1 aliphatic carbocycles. The highest BCUT2D eigenvalue weighted by atomic mass is 35.5. The summed E-state index contributed by atoms with van der Waals surface area (Å²) in [5, 5.41) is 9.58. The number of hydrogen-bond donors (Lipinski definition) is 1. The van der Waals surface area contributed by atoms with Gasteiger partial charge in [-0.05, 0) is 30.9 Å². The van der Waals surface area contributed by atoms with Crippen LogP contribution in [0.4, 0.5) is 0 Å². The van der Waals surface area contributed by atoms with Gasteiger partial charge >= 0.3 is 5.97 Å². The first-order valence-electron chi connectivity index (χ1n) is 7.86. The second-order valence-corrected chi connectivity index (χ2v) is 6.80. The quantitative estimate of drug-likeness (QED) is 0.895. The van der Waals surface area contributed by atoms with Gasteiger partial charge in [-0.1, -0.05) is 29.8 Å². The van der Waals surface area contributed by atoms with Crippen LogP contribution in [0.3, 0.4) is 0 Å². The Morgan fingerprint density at radius 2 is 2.09 bits per heavy atom. The summed E-state index contributed by atoms with van der Waals surface area (Å²) < 4.78 is 5.44. The normalized spacial score (nSPS) is 22.7. The van der Waals surface area contributed by atoms with E-state index in [0.717, 1.165) is 18.4 Å². The lowest BCUT2D eigenvalue weighted by molar-refractivity contribution is -0.150. The van der Waals surface area contributed by atoms with E-state index in [2.05, 4.69) is 0 Å². The fourth-order valence-corrected chi connectivity index (χ4v) is 3.38. The van der Waals surface area contributed by atoms with E-state index in [1.54, 1.807) is 4.90 Å². The maximum atomic E-state index is 12.9. The number of morpholine rings is 1. The number of benzene rings is 1. The molecule has 1 N–H and O–H groups in total. The molecule has 1 aliphatic heterocycles. The molecule has 2 fully saturated rings. The molecule has 3 rings (SSSR count). The second kappa shape index (κ2) is 6.49. The van der Waals surface area contributed by atoms with Crippen molar-refractivity contribution in [3.05, 3.63) is 34.9 Å². The Morgan fingerprint density at radius 1 is 1.35 bits per heavy atom. The predicted molar refractivity (Wildman–Crippen MR) is 85.4 cm³/mol. The van der Waals surface area contributed by atoms with Gasteiger partial charge in [0.2, 0.25) is 5.91 Å². The van der Waals surface area contributed by atoms with Crippen LogP contribution < -0.4 is 0 Å². The van der Waals surface area contributed by atoms with Crippen molar-refractivity contribution in [3.63, 3.8) is 0 Å². The number of hydrogen-bond acceptors (Lipinski definition) is 3. The first-order chi connectivity index (χ1) is 11.0. The van der Waals surface area contributed by atoms with Gasteiger partial charge in [0, 0.05) is 18.1 Å². The monoisotopic (exact) mass is 337 g/mol. The van der Waals surface area contributed by atoms with Crippen molar-refractivity contribution in [2.45, 2.75) is 31.8 Å². The molecule has 124 valence electrons. The molecule has 0 spiro atoms. The molecule has 0 radical (unpaired) electrons. The van der Waals surface area contributed by atoms with E-state index in [1.165, 1.54) is 0 Å². The minimum Gasteiger partial charge on any atom is -0.481 e. The van der Waals surface area contributed by atoms with Crippen LogP contribution in [0.25, 0.3) is 0 Å². The Hall–Kier alpha value is -1.59. The number of carboxylic acids is 1. The molecule has 0 aromatic heterocycles. The summed E-state index contributed by atoms with van der Waals surface area (Å²) in [7, 11) is 0. The summed E-state index contributed by atoms with van der Waals surface area (Å²) in [6, 6.07) is 7.61. The average molecular weight is 338 g/mol. The Balaban J connectivity index is 1.67. The lowest BCUT2D eigenvalue weighted by Crippen LogP contribution is -2.49. The second-order valence-electron chi connectivity index (χ2n) is 6.39. The fraction of sp³-hybridized carbons (Fsp3) is 0.529. The minimum absolute atomic E-state index is 0.0682. The zero-order chi connectivity index (χ0) is 16.4. The van der Waals surface area contributed by atoms with Crippen molar-refractivity contribution in [2.24, 2.45) is 5.41 Å². The van der Waals surface area contributed by atoms with Gasteiger partial charge in [0.05, 0.1) is 24.5 Å². The molecule has 6 heteroatoms. The number of halogens is 1. The molecule has 23 heavy (non-hydrogen) atoms. The number of aliphatic carboxylic acids is 1. The van der Waals surface area contributed by atoms with Crippen molar-refractivity contribution in [3.8, 4) is 0 Å². The topological polar surface area (TPSA) is 66.8 Å². The Morgan fingerprint density at radius 3 is 2.74 bits per heavy atom. The van der Waals surface area contributed by atoms with Crippen molar-refractivity contribution in [1.29, 1.82) is 0 Å². The number of carbonyl (C=O) groups excluding carboxylic acids is 1. The van der Waals surface area contributed by atoms with E-state index < -0.39 is 12.1 Å². The SMILES string of the molecule is O=C(O)CC1CN(C(=O)C2(Cc3ccccc3Cl)CC2)CCO1. The van der Waals surface area contributed by atoms with Crippen LogP contribution in [0.5, 0.6) is 0 Å². The zero-order valence-corrected chi connectivity index (χ0v) is 13.6. The first-order valence-corrected chi connectivity index (χ1v) is 8.24. The van der Waals surface area contributed by atoms with Crippen molar-refractivity contribution < 1.29 is 19.4 Å². The number of carboxylic acid groups (broad SMARTS) is 1. The number of carbonyl (C=O) groups is 2. The highest BCUT2D eigenvalue weighted by molar-refractivity contribution is 6.31. The summed E-state index contributed by atoms with van der Waals surface area (Å²) in [6.07, 6.45) is 1.88. The lowest BCUT2D eigenvalue weighted by Gasteiger charge is -2.35. The number of nitrogens with zero attached hydrogens (tertiary/aromatic N) is 1. The van der Waals surface area contributed by atoms with Gasteiger partial charge in [0.15, 0.2) is 0 Å². The number of rotatable bonds is 5. The van der Waals surface area contributed by atoms with E-state index in [9.17, 15) is 9.59 Å². The molecular weight excluding hydrogens is 318 g/mol. The predicted octanol–water partition coefficient (Wildman–Crippen LogP) is 2.36. The fourth-order valence-electron chi connectivity index (χ4n) is 3.18. The van der Waals surface area contributed by atoms with E-state index >= 15 is 0 Å². The molecule has 1 amide bonds. The van der Waals surface area contributed by atoms with E-state index in [1.807, 2.05) is 24.3 Å². The molecule has 1 aromatic carbocycles. The summed E-state index contributed by atoms with van der Waals surface area (Å²) in [5.41, 5.74) is 0.631. The summed E-state index contributed by atoms with van der Waals surface area (Å²) in [4.78, 5) is 25.5. The van der Waals surface area contributed by atoms with E-state index in [-0.39, 0.29) is 17.7 Å². The highest BCUT2D eigenvalue weighted by Gasteiger charge is 2.52. The summed E-state index contributed by atoms with van der Waals surface area (Å²) in [5.74, 6) is -0.794. The molecule has 2 aliphatic rings. The van der Waals surface area contributed by atoms with Crippen LogP contribution in [-0.4, -0.2) is 47.7 Å². The molecule has 1 saturated heterocycles. The maximum Gasteiger partial charge on any atom is 0.306 e. The first kappa shape index (κ1) is 16.3. The van der Waals surface area contributed by atoms with Gasteiger partial charge in [0.25, 0.3) is 0 Å². The minimum atomic E-state index is -0.901. The molecule has 5 nitrogen and oxygen atoms in total. The van der Waals surface area contributed by atoms with Gasteiger partial charge < -0.3 is 14.7 Å². The Labute approximate surface area is 140 Å². The Kier molecular flexibility index (Phi) is 4.60. The molecule has 1 heterocycles. The number of ether oxygens (including phenoxy) is 1. The maximum absolute atomic E-state index is 12.9. The lowest BCUT2D eigenvalue weighted by atomic mass is 9.94. The van der Waals surface area contributed by atoms with E-state index in [0.29, 0.717) is 31.1 Å². The zero-order valence-electron chi connectivity index (χ0n) is 12.8. The van der Waals surface area contributed by atoms with Crippen molar-refractivity contribution in [2.75, 3.05) is 19.7 Å². The van der Waals surface area contributed by atoms with Gasteiger partial charge in [0.1, 0.15) is 0 Å². The van der Waals surface area contributed by atoms with Crippen LogP contribution in [-0.2, 0) is 20.7 Å². The third-order valence-corrected chi connectivity index (χ3v) is 4.99. The molecule has 1 aromatic rings. The molecule has 1 unspecified atom stereocenters. The van der Waals surface area contributed by atoms with Gasteiger partial charge in [-0.2, -0.15) is 0 Å². The molecule has 1 atom stereocenters. The van der Waals surface area contributed by atoms with Gasteiger partial charge in [-0.3, -0.25) is 9.59 Å². The Bertz CT molecular complexity index is 614. The third kappa shape index (κ3) is 3.67. The number of amides is 1. The van der Waals surface area contributed by atoms with Crippen LogP contribution >= 0.6 is 11.6 Å². The van der Waals surface area contributed by atoms with Crippen LogP contribution in [0, 0.1) is 5.41 Å². The largest absolute Gasteiger partial charge is 0.481 e. The average Bonchev–Trinajstić information content (AvgIpc) is 3.29. The molecule has 1 saturated carbocycles. The van der Waals surface area contributed by atoms with Crippen LogP contribution in [0.1, 0.15) is 24.8 Å².